The number of Topliss-reactive ketones (excluding diaryl/α,β-unsaturated/α-hetero) is 1. The highest BCUT2D eigenvalue weighted by Crippen LogP contribution is 2.41. The van der Waals surface area contributed by atoms with Crippen molar-refractivity contribution in [3.8, 4) is 0 Å². The summed E-state index contributed by atoms with van der Waals surface area (Å²) in [5.41, 5.74) is 1.54. The first-order chi connectivity index (χ1) is 11.3. The van der Waals surface area contributed by atoms with E-state index in [1.807, 2.05) is 57.3 Å². The van der Waals surface area contributed by atoms with Crippen LogP contribution < -0.4 is 10.2 Å². The molecule has 0 radical (unpaired) electrons. The second kappa shape index (κ2) is 4.86. The Hall–Kier alpha value is -2.27. The van der Waals surface area contributed by atoms with E-state index in [1.54, 1.807) is 0 Å². The van der Waals surface area contributed by atoms with Gasteiger partial charge in [0.1, 0.15) is 17.9 Å². The van der Waals surface area contributed by atoms with Gasteiger partial charge < -0.3 is 0 Å². The number of carbonyl (C=O) groups is 3. The quantitative estimate of drug-likeness (QED) is 0.738. The molecule has 124 valence electrons. The number of carbonyl (C=O) groups excluding carboxylic acids is 3. The van der Waals surface area contributed by atoms with Crippen molar-refractivity contribution in [3.05, 3.63) is 41.6 Å². The molecule has 2 saturated heterocycles. The predicted octanol–water partition coefficient (Wildman–Crippen LogP) is 0.483. The molecule has 0 aromatic heterocycles. The van der Waals surface area contributed by atoms with E-state index in [1.165, 1.54) is 0 Å². The zero-order valence-electron chi connectivity index (χ0n) is 14.0. The zero-order chi connectivity index (χ0) is 17.2. The molecule has 5 atom stereocenters. The van der Waals surface area contributed by atoms with Gasteiger partial charge in [-0.15, -0.1) is 0 Å². The molecule has 3 aliphatic heterocycles. The molecule has 2 amide bonds. The topological polar surface area (TPSA) is 67.7 Å². The molecule has 2 N–H and O–H groups in total. The number of imide groups is 1. The smallest absolute Gasteiger partial charge is 0.237 e. The van der Waals surface area contributed by atoms with Crippen molar-refractivity contribution < 1.29 is 19.3 Å². The maximum Gasteiger partial charge on any atom is 0.237 e. The number of nitrogens with one attached hydrogen (secondary N) is 2. The molecule has 1 aromatic rings. The van der Waals surface area contributed by atoms with Crippen LogP contribution in [0.15, 0.2) is 30.5 Å². The van der Waals surface area contributed by atoms with E-state index in [-0.39, 0.29) is 23.6 Å². The van der Waals surface area contributed by atoms with Crippen molar-refractivity contribution in [2.75, 3.05) is 0 Å². The standard InChI is InChI=1S/C19H20N2O3/c1-19(2,3)16(22)15-13-12(17(23)20-18(13)24)14-11-7-5-4-6-10(11)8-9-21(14)15/h4-9,12-15H,1-3H3,(H,20,23,24)/p+1/t12-,13+,14+,15-/m0/s1. The van der Waals surface area contributed by atoms with Crippen LogP contribution in [0, 0.1) is 17.3 Å². The molecule has 5 heteroatoms. The largest absolute Gasteiger partial charge is 0.295 e. The predicted molar refractivity (Wildman–Crippen MR) is 87.6 cm³/mol. The second-order valence-electron chi connectivity index (χ2n) is 7.94. The molecule has 4 rings (SSSR count). The van der Waals surface area contributed by atoms with E-state index in [0.29, 0.717) is 0 Å². The lowest BCUT2D eigenvalue weighted by atomic mass is 9.79. The summed E-state index contributed by atoms with van der Waals surface area (Å²) in [4.78, 5) is 38.9. The lowest BCUT2D eigenvalue weighted by Gasteiger charge is -2.31. The van der Waals surface area contributed by atoms with Gasteiger partial charge in [0, 0.05) is 11.0 Å². The van der Waals surface area contributed by atoms with Crippen molar-refractivity contribution in [2.45, 2.75) is 32.9 Å². The van der Waals surface area contributed by atoms with Gasteiger partial charge in [-0.25, -0.2) is 0 Å². The number of fused-ring (bicyclic) bond motifs is 5. The van der Waals surface area contributed by atoms with Crippen LogP contribution in [0.25, 0.3) is 6.08 Å². The van der Waals surface area contributed by atoms with Crippen LogP contribution in [-0.4, -0.2) is 23.6 Å². The number of benzene rings is 1. The number of ketones is 1. The lowest BCUT2D eigenvalue weighted by molar-refractivity contribution is -0.885. The summed E-state index contributed by atoms with van der Waals surface area (Å²) in [6.45, 7) is 5.61. The van der Waals surface area contributed by atoms with E-state index in [9.17, 15) is 14.4 Å². The fourth-order valence-electron chi connectivity index (χ4n) is 4.43. The number of rotatable bonds is 1. The number of hydrogen-bond donors (Lipinski definition) is 2. The molecule has 0 bridgehead atoms. The molecule has 0 spiro atoms. The first-order valence-electron chi connectivity index (χ1n) is 8.33. The van der Waals surface area contributed by atoms with Crippen molar-refractivity contribution >= 4 is 23.7 Å². The summed E-state index contributed by atoms with van der Waals surface area (Å²) in [5.74, 6) is -1.58. The fraction of sp³-hybridized carbons (Fsp3) is 0.421. The average Bonchev–Trinajstić information content (AvgIpc) is 3.01. The fourth-order valence-corrected chi connectivity index (χ4v) is 4.43. The molecule has 5 nitrogen and oxygen atoms in total. The normalized spacial score (nSPS) is 33.7. The van der Waals surface area contributed by atoms with Crippen molar-refractivity contribution in [2.24, 2.45) is 17.3 Å². The Morgan fingerprint density at radius 2 is 1.75 bits per heavy atom. The van der Waals surface area contributed by atoms with Crippen molar-refractivity contribution in [1.82, 2.24) is 5.32 Å². The summed E-state index contributed by atoms with van der Waals surface area (Å²) in [5, 5.41) is 2.45. The van der Waals surface area contributed by atoms with Crippen LogP contribution in [0.1, 0.15) is 37.9 Å². The molecule has 24 heavy (non-hydrogen) atoms. The molecule has 0 saturated carbocycles. The van der Waals surface area contributed by atoms with E-state index in [2.05, 4.69) is 5.32 Å². The minimum atomic E-state index is -0.583. The molecule has 1 aromatic carbocycles. The van der Waals surface area contributed by atoms with E-state index in [0.717, 1.165) is 16.0 Å². The molecule has 3 heterocycles. The lowest BCUT2D eigenvalue weighted by Crippen LogP contribution is -3.12. The molecule has 3 aliphatic rings. The monoisotopic (exact) mass is 325 g/mol. The summed E-state index contributed by atoms with van der Waals surface area (Å²) < 4.78 is 0. The van der Waals surface area contributed by atoms with Gasteiger partial charge in [0.2, 0.25) is 11.8 Å². The van der Waals surface area contributed by atoms with E-state index >= 15 is 0 Å². The highest BCUT2D eigenvalue weighted by molar-refractivity contribution is 6.09. The maximum atomic E-state index is 13.1. The highest BCUT2D eigenvalue weighted by atomic mass is 16.2. The Bertz CT molecular complexity index is 790. The molecule has 2 fully saturated rings. The molecular weight excluding hydrogens is 304 g/mol. The third-order valence-electron chi connectivity index (χ3n) is 5.48. The third kappa shape index (κ3) is 1.94. The number of quaternary nitrogens is 1. The van der Waals surface area contributed by atoms with Crippen LogP contribution >= 0.6 is 0 Å². The molecule has 0 aliphatic carbocycles. The Morgan fingerprint density at radius 1 is 1.08 bits per heavy atom. The van der Waals surface area contributed by atoms with Crippen LogP contribution in [0.4, 0.5) is 0 Å². The third-order valence-corrected chi connectivity index (χ3v) is 5.48. The van der Waals surface area contributed by atoms with Gasteiger partial charge in [0.15, 0.2) is 11.8 Å². The van der Waals surface area contributed by atoms with Crippen LogP contribution in [0.5, 0.6) is 0 Å². The van der Waals surface area contributed by atoms with Crippen LogP contribution in [0.2, 0.25) is 0 Å². The summed E-state index contributed by atoms with van der Waals surface area (Å²) in [7, 11) is 0. The molecular formula is C19H21N2O3+. The summed E-state index contributed by atoms with van der Waals surface area (Å²) >= 11 is 0. The first kappa shape index (κ1) is 15.3. The van der Waals surface area contributed by atoms with E-state index in [4.69, 9.17) is 0 Å². The molecule has 1 unspecified atom stereocenters. The first-order valence-corrected chi connectivity index (χ1v) is 8.33. The van der Waals surface area contributed by atoms with Gasteiger partial charge in [-0.2, -0.15) is 0 Å². The Balaban J connectivity index is 1.88. The summed E-state index contributed by atoms with van der Waals surface area (Å²) in [6, 6.07) is 7.21. The van der Waals surface area contributed by atoms with Crippen molar-refractivity contribution in [3.63, 3.8) is 0 Å². The zero-order valence-corrected chi connectivity index (χ0v) is 14.0. The SMILES string of the molecule is CC(C)(C)C(=O)[C@@H]1[C@@H]2C(=O)NC(=O)[C@@H]2[C@H]2c3ccccc3C=C[NH+]12. The number of hydrogen-bond acceptors (Lipinski definition) is 3. The minimum Gasteiger partial charge on any atom is -0.295 e. The second-order valence-corrected chi connectivity index (χ2v) is 7.94. The number of amides is 2. The van der Waals surface area contributed by atoms with Crippen molar-refractivity contribution in [1.29, 1.82) is 0 Å². The van der Waals surface area contributed by atoms with Gasteiger partial charge in [-0.3, -0.25) is 24.6 Å². The minimum absolute atomic E-state index is 0.0314. The maximum absolute atomic E-state index is 13.1. The van der Waals surface area contributed by atoms with Crippen LogP contribution in [0.3, 0.4) is 0 Å². The van der Waals surface area contributed by atoms with Gasteiger partial charge in [-0.05, 0) is 11.6 Å². The van der Waals surface area contributed by atoms with Gasteiger partial charge in [0.25, 0.3) is 0 Å². The van der Waals surface area contributed by atoms with Gasteiger partial charge in [-0.1, -0.05) is 45.0 Å². The van der Waals surface area contributed by atoms with E-state index < -0.39 is 23.3 Å². The Kier molecular flexibility index (Phi) is 3.09. The van der Waals surface area contributed by atoms with Gasteiger partial charge >= 0.3 is 0 Å². The van der Waals surface area contributed by atoms with Crippen LogP contribution in [-0.2, 0) is 14.4 Å². The highest BCUT2D eigenvalue weighted by Gasteiger charge is 2.66. The Labute approximate surface area is 140 Å². The average molecular weight is 325 g/mol. The Morgan fingerprint density at radius 3 is 2.46 bits per heavy atom. The summed E-state index contributed by atoms with van der Waals surface area (Å²) in [6.07, 6.45) is 3.95. The van der Waals surface area contributed by atoms with Gasteiger partial charge in [0.05, 0.1) is 6.20 Å².